The largest absolute Gasteiger partial charge is 0.504 e. The van der Waals surface area contributed by atoms with Gasteiger partial charge >= 0.3 is 0 Å². The Morgan fingerprint density at radius 2 is 1.98 bits per heavy atom. The van der Waals surface area contributed by atoms with Crippen molar-refractivity contribution in [2.75, 3.05) is 13.7 Å². The molecule has 5 unspecified atom stereocenters. The number of nitrogens with zero attached hydrogens (tertiary/aromatic N) is 1. The predicted molar refractivity (Wildman–Crippen MR) is 157 cm³/mol. The lowest BCUT2D eigenvalue weighted by atomic mass is 9.75. The number of carbonyl (C=O) groups excluding carboxylic acids is 1. The summed E-state index contributed by atoms with van der Waals surface area (Å²) in [6.45, 7) is 0.332. The minimum atomic E-state index is -1.16. The number of ether oxygens (including phenoxy) is 2. The number of aliphatic hydroxyl groups excluding tert-OH is 2. The summed E-state index contributed by atoms with van der Waals surface area (Å²) in [6, 6.07) is 5.18. The zero-order valence-corrected chi connectivity index (χ0v) is 23.8. The van der Waals surface area contributed by atoms with E-state index in [1.54, 1.807) is 6.07 Å². The van der Waals surface area contributed by atoms with Gasteiger partial charge < -0.3 is 41.4 Å². The summed E-state index contributed by atoms with van der Waals surface area (Å²) >= 11 is 0. The van der Waals surface area contributed by atoms with Gasteiger partial charge in [0.1, 0.15) is 5.78 Å². The Labute approximate surface area is 245 Å². The third-order valence-corrected chi connectivity index (χ3v) is 8.77. The van der Waals surface area contributed by atoms with Gasteiger partial charge in [-0.3, -0.25) is 9.79 Å². The van der Waals surface area contributed by atoms with Crippen LogP contribution >= 0.6 is 0 Å². The molecule has 1 aliphatic heterocycles. The van der Waals surface area contributed by atoms with Crippen LogP contribution in [0.25, 0.3) is 0 Å². The van der Waals surface area contributed by atoms with Gasteiger partial charge in [0.2, 0.25) is 6.29 Å². The quantitative estimate of drug-likeness (QED) is 0.181. The fraction of sp³-hybridized carbons (Fsp3) is 0.500. The van der Waals surface area contributed by atoms with Crippen molar-refractivity contribution in [1.29, 1.82) is 0 Å². The number of Topliss-reactive ketones (excluding diaryl/α,β-unsaturated/α-hetero) is 1. The second-order valence-electron chi connectivity index (χ2n) is 11.5. The van der Waals surface area contributed by atoms with Gasteiger partial charge in [-0.2, -0.15) is 0 Å². The lowest BCUT2D eigenvalue weighted by Crippen LogP contribution is -2.37. The van der Waals surface area contributed by atoms with E-state index in [2.05, 4.69) is 16.8 Å². The fourth-order valence-corrected chi connectivity index (χ4v) is 6.81. The Bertz CT molecular complexity index is 1440. The number of aliphatic imine (C=N–C) groups is 1. The number of carbonyl (C=O) groups is 1. The van der Waals surface area contributed by atoms with Crippen molar-refractivity contribution >= 4 is 11.7 Å². The highest BCUT2D eigenvalue weighted by Crippen LogP contribution is 2.54. The van der Waals surface area contributed by atoms with Gasteiger partial charge in [-0.1, -0.05) is 30.4 Å². The van der Waals surface area contributed by atoms with Gasteiger partial charge in [-0.05, 0) is 61.1 Å². The van der Waals surface area contributed by atoms with Gasteiger partial charge in [0.05, 0.1) is 18.8 Å². The standard InChI is InChI=1S/C32H39N3O7/c1-41-29-22-6-3-5-19-15-25-18(14-21(37)16-20(36)10-8-17(22)9-11-26(29)38)4-2-7-23-24(12-13-35-32(33)34)31(40)42-30(27(23)25)28(19)39/h9,11,15,18,21,23-24,31,37-40H,2,4-5,7-8,10,12-14,16H2,1H3,(H4,33,34,35). The molecule has 2 aliphatic carbocycles. The molecular formula is C32H39N3O7. The molecule has 5 rings (SSSR count). The van der Waals surface area contributed by atoms with E-state index in [0.717, 1.165) is 36.0 Å². The number of aliphatic hydroxyl groups is 2. The lowest BCUT2D eigenvalue weighted by molar-refractivity contribution is -0.121. The van der Waals surface area contributed by atoms with E-state index in [1.165, 1.54) is 13.2 Å². The van der Waals surface area contributed by atoms with E-state index in [4.69, 9.17) is 20.9 Å². The van der Waals surface area contributed by atoms with Crippen molar-refractivity contribution in [3.8, 4) is 34.8 Å². The average Bonchev–Trinajstić information content (AvgIpc) is 3.11. The van der Waals surface area contributed by atoms with Crippen molar-refractivity contribution in [3.05, 3.63) is 46.0 Å². The van der Waals surface area contributed by atoms with Crippen LogP contribution in [0.4, 0.5) is 0 Å². The van der Waals surface area contributed by atoms with E-state index in [9.17, 15) is 25.2 Å². The Balaban J connectivity index is 1.62. The van der Waals surface area contributed by atoms with Crippen molar-refractivity contribution in [1.82, 2.24) is 0 Å². The predicted octanol–water partition coefficient (Wildman–Crippen LogP) is 2.70. The molecule has 2 aromatic carbocycles. The van der Waals surface area contributed by atoms with Gasteiger partial charge in [0.25, 0.3) is 0 Å². The fourth-order valence-electron chi connectivity index (χ4n) is 6.81. The van der Waals surface area contributed by atoms with Crippen molar-refractivity contribution in [2.24, 2.45) is 22.4 Å². The number of nitrogens with two attached hydrogens (primary N) is 2. The number of guanidine groups is 1. The zero-order valence-electron chi connectivity index (χ0n) is 23.8. The number of aryl methyl sites for hydroxylation is 1. The molecule has 1 heterocycles. The van der Waals surface area contributed by atoms with Gasteiger partial charge in [-0.15, -0.1) is 0 Å². The lowest BCUT2D eigenvalue weighted by Gasteiger charge is -2.38. The number of fused-ring (bicyclic) bond motifs is 2. The molecule has 224 valence electrons. The molecule has 42 heavy (non-hydrogen) atoms. The van der Waals surface area contributed by atoms with Crippen LogP contribution in [0.5, 0.6) is 23.0 Å². The molecule has 2 bridgehead atoms. The summed E-state index contributed by atoms with van der Waals surface area (Å²) in [5, 5.41) is 43.9. The van der Waals surface area contributed by atoms with Crippen LogP contribution in [-0.2, 0) is 17.6 Å². The average molecular weight is 578 g/mol. The molecule has 3 aliphatic rings. The zero-order chi connectivity index (χ0) is 30.0. The minimum Gasteiger partial charge on any atom is -0.504 e. The highest BCUT2D eigenvalue weighted by atomic mass is 16.6. The molecule has 2 aromatic rings. The summed E-state index contributed by atoms with van der Waals surface area (Å²) in [6.07, 6.45) is 2.06. The Hall–Kier alpha value is -3.94. The summed E-state index contributed by atoms with van der Waals surface area (Å²) in [5.74, 6) is 6.00. The molecule has 0 aromatic heterocycles. The monoisotopic (exact) mass is 577 g/mol. The highest BCUT2D eigenvalue weighted by Gasteiger charge is 2.43. The Kier molecular flexibility index (Phi) is 8.80. The second kappa shape index (κ2) is 12.5. The third kappa shape index (κ3) is 5.98. The van der Waals surface area contributed by atoms with E-state index in [1.807, 2.05) is 6.07 Å². The SMILES string of the molecule is COc1c(O)ccc2c1C#CCc1cc3c4c(c1O)OC(O)C(CCN=C(N)N)C4CCCC3CC(O)CC(=O)CC2. The number of phenolic OH excluding ortho intramolecular Hbond substituents is 2. The Morgan fingerprint density at radius 3 is 2.74 bits per heavy atom. The van der Waals surface area contributed by atoms with E-state index < -0.39 is 12.4 Å². The van der Waals surface area contributed by atoms with Crippen molar-refractivity contribution in [2.45, 2.75) is 82.0 Å². The van der Waals surface area contributed by atoms with Crippen LogP contribution in [0.15, 0.2) is 23.2 Å². The minimum absolute atomic E-state index is 0.0189. The van der Waals surface area contributed by atoms with Crippen LogP contribution in [0, 0.1) is 17.8 Å². The number of rotatable bonds is 4. The van der Waals surface area contributed by atoms with E-state index >= 15 is 0 Å². The topological polar surface area (TPSA) is 181 Å². The van der Waals surface area contributed by atoms with Gasteiger partial charge in [0.15, 0.2) is 29.0 Å². The molecule has 8 N–H and O–H groups in total. The maximum atomic E-state index is 12.9. The first-order chi connectivity index (χ1) is 20.2. The maximum Gasteiger partial charge on any atom is 0.201 e. The second-order valence-corrected chi connectivity index (χ2v) is 11.5. The molecule has 0 fully saturated rings. The normalized spacial score (nSPS) is 25.3. The molecule has 0 saturated heterocycles. The number of methoxy groups -OCH3 is 1. The highest BCUT2D eigenvalue weighted by molar-refractivity contribution is 5.79. The van der Waals surface area contributed by atoms with E-state index in [-0.39, 0.29) is 71.8 Å². The number of ketones is 1. The molecule has 0 saturated carbocycles. The van der Waals surface area contributed by atoms with Crippen molar-refractivity contribution in [3.63, 3.8) is 0 Å². The van der Waals surface area contributed by atoms with Crippen LogP contribution < -0.4 is 20.9 Å². The smallest absolute Gasteiger partial charge is 0.201 e. The van der Waals surface area contributed by atoms with Crippen LogP contribution in [-0.4, -0.2) is 58.2 Å². The summed E-state index contributed by atoms with van der Waals surface area (Å²) in [4.78, 5) is 17.0. The third-order valence-electron chi connectivity index (χ3n) is 8.77. The van der Waals surface area contributed by atoms with Crippen LogP contribution in [0.2, 0.25) is 0 Å². The molecule has 5 atom stereocenters. The number of benzene rings is 2. The maximum absolute atomic E-state index is 12.9. The molecule has 0 spiro atoms. The molecule has 0 radical (unpaired) electrons. The Morgan fingerprint density at radius 1 is 1.17 bits per heavy atom. The first kappa shape index (κ1) is 29.5. The molecule has 10 nitrogen and oxygen atoms in total. The molecular weight excluding hydrogens is 538 g/mol. The van der Waals surface area contributed by atoms with E-state index in [0.29, 0.717) is 36.9 Å². The number of hydrogen-bond acceptors (Lipinski definition) is 8. The van der Waals surface area contributed by atoms with Crippen molar-refractivity contribution < 1.29 is 34.7 Å². The molecule has 10 heteroatoms. The first-order valence-corrected chi connectivity index (χ1v) is 14.5. The molecule has 0 amide bonds. The summed E-state index contributed by atoms with van der Waals surface area (Å²) in [5.41, 5.74) is 14.6. The first-order valence-electron chi connectivity index (χ1n) is 14.5. The number of phenols is 2. The van der Waals surface area contributed by atoms with Crippen LogP contribution in [0.1, 0.15) is 84.6 Å². The number of aromatic hydroxyl groups is 2. The van der Waals surface area contributed by atoms with Gasteiger partial charge in [-0.25, -0.2) is 0 Å². The van der Waals surface area contributed by atoms with Gasteiger partial charge in [0, 0.05) is 42.9 Å². The summed E-state index contributed by atoms with van der Waals surface area (Å²) in [7, 11) is 1.45. The van der Waals surface area contributed by atoms with Crippen LogP contribution in [0.3, 0.4) is 0 Å². The summed E-state index contributed by atoms with van der Waals surface area (Å²) < 4.78 is 11.4. The number of hydrogen-bond donors (Lipinski definition) is 6.